The van der Waals surface area contributed by atoms with Crippen molar-refractivity contribution in [2.24, 2.45) is 0 Å². The molecule has 0 bridgehead atoms. The molecule has 6 heteroatoms. The molecule has 0 atom stereocenters. The van der Waals surface area contributed by atoms with Crippen LogP contribution in [0.4, 0.5) is 0 Å². The van der Waals surface area contributed by atoms with E-state index in [9.17, 15) is 14.7 Å². The summed E-state index contributed by atoms with van der Waals surface area (Å²) in [5.74, 6) is -0.916. The number of esters is 1. The first-order chi connectivity index (χ1) is 10.5. The van der Waals surface area contributed by atoms with Crippen molar-refractivity contribution in [1.29, 1.82) is 0 Å². The maximum absolute atomic E-state index is 12.3. The predicted molar refractivity (Wildman–Crippen MR) is 86.3 cm³/mol. The highest BCUT2D eigenvalue weighted by atomic mass is 32.2. The second-order valence-corrected chi connectivity index (χ2v) is 4.91. The number of hydrogen-bond acceptors (Lipinski definition) is 6. The molecule has 0 saturated carbocycles. The molecule has 0 fully saturated rings. The summed E-state index contributed by atoms with van der Waals surface area (Å²) in [6, 6.07) is 6.69. The van der Waals surface area contributed by atoms with Gasteiger partial charge in [-0.15, -0.1) is 11.8 Å². The van der Waals surface area contributed by atoms with Crippen LogP contribution in [0.3, 0.4) is 0 Å². The lowest BCUT2D eigenvalue weighted by atomic mass is 10.1. The van der Waals surface area contributed by atoms with Gasteiger partial charge in [-0.1, -0.05) is 0 Å². The van der Waals surface area contributed by atoms with E-state index in [2.05, 4.69) is 4.74 Å². The van der Waals surface area contributed by atoms with Crippen LogP contribution in [0.25, 0.3) is 0 Å². The molecule has 0 radical (unpaired) electrons. The lowest BCUT2D eigenvalue weighted by molar-refractivity contribution is -0.141. The Morgan fingerprint density at radius 2 is 1.86 bits per heavy atom. The van der Waals surface area contributed by atoms with Gasteiger partial charge < -0.3 is 14.6 Å². The largest absolute Gasteiger partial charge is 0.502 e. The number of aliphatic hydroxyl groups excluding tert-OH is 1. The molecule has 1 rings (SSSR count). The zero-order chi connectivity index (χ0) is 16.5. The number of thioether (sulfide) groups is 1. The van der Waals surface area contributed by atoms with E-state index < -0.39 is 11.7 Å². The third-order valence-electron chi connectivity index (χ3n) is 2.67. The lowest BCUT2D eigenvalue weighted by Gasteiger charge is -2.04. The Morgan fingerprint density at radius 1 is 1.23 bits per heavy atom. The molecule has 0 amide bonds. The number of carbonyl (C=O) groups excluding carboxylic acids is 2. The molecule has 0 saturated heterocycles. The van der Waals surface area contributed by atoms with Crippen molar-refractivity contribution in [3.05, 3.63) is 52.6 Å². The van der Waals surface area contributed by atoms with Crippen molar-refractivity contribution in [2.75, 3.05) is 20.0 Å². The van der Waals surface area contributed by atoms with E-state index in [1.165, 1.54) is 17.8 Å². The molecule has 0 aromatic heterocycles. The summed E-state index contributed by atoms with van der Waals surface area (Å²) in [5.41, 5.74) is 0.491. The number of allylic oxidation sites excluding steroid dienone is 3. The molecule has 5 nitrogen and oxygen atoms in total. The van der Waals surface area contributed by atoms with Crippen molar-refractivity contribution >= 4 is 23.5 Å². The Bertz CT molecular complexity index is 587. The number of ether oxygens (including phenoxy) is 2. The van der Waals surface area contributed by atoms with Crippen LogP contribution >= 0.6 is 11.8 Å². The van der Waals surface area contributed by atoms with Gasteiger partial charge in [0.2, 0.25) is 5.76 Å². The standard InChI is InChI=1S/C16H18O5S/c1-4-21-16(19)13(17)9-10-14(22-3)15(18)11-5-7-12(20-2)8-6-11/h5-10,17H,4H2,1-3H3. The van der Waals surface area contributed by atoms with Gasteiger partial charge in [-0.25, -0.2) is 4.79 Å². The lowest BCUT2D eigenvalue weighted by Crippen LogP contribution is -2.07. The van der Waals surface area contributed by atoms with E-state index >= 15 is 0 Å². The quantitative estimate of drug-likeness (QED) is 0.273. The molecule has 0 unspecified atom stereocenters. The van der Waals surface area contributed by atoms with Crippen molar-refractivity contribution < 1.29 is 24.2 Å². The van der Waals surface area contributed by atoms with E-state index in [-0.39, 0.29) is 12.4 Å². The summed E-state index contributed by atoms with van der Waals surface area (Å²) in [6.45, 7) is 1.81. The van der Waals surface area contributed by atoms with Crippen LogP contribution in [-0.2, 0) is 9.53 Å². The minimum Gasteiger partial charge on any atom is -0.502 e. The van der Waals surface area contributed by atoms with Crippen LogP contribution in [0.1, 0.15) is 17.3 Å². The maximum Gasteiger partial charge on any atom is 0.373 e. The van der Waals surface area contributed by atoms with E-state index in [4.69, 9.17) is 4.74 Å². The Kier molecular flexibility index (Phi) is 7.25. The van der Waals surface area contributed by atoms with Gasteiger partial charge in [-0.2, -0.15) is 0 Å². The topological polar surface area (TPSA) is 72.8 Å². The SMILES string of the molecule is CCOC(=O)C(O)=CC=C(SC)C(=O)c1ccc(OC)cc1. The molecule has 22 heavy (non-hydrogen) atoms. The highest BCUT2D eigenvalue weighted by Gasteiger charge is 2.12. The average Bonchev–Trinajstić information content (AvgIpc) is 2.55. The number of carbonyl (C=O) groups is 2. The maximum atomic E-state index is 12.3. The van der Waals surface area contributed by atoms with Gasteiger partial charge in [0.25, 0.3) is 0 Å². The van der Waals surface area contributed by atoms with Gasteiger partial charge in [0, 0.05) is 5.56 Å². The number of ketones is 1. The van der Waals surface area contributed by atoms with Crippen LogP contribution < -0.4 is 4.74 Å². The van der Waals surface area contributed by atoms with Crippen molar-refractivity contribution in [2.45, 2.75) is 6.92 Å². The zero-order valence-corrected chi connectivity index (χ0v) is 13.5. The van der Waals surface area contributed by atoms with Gasteiger partial charge in [0.15, 0.2) is 5.78 Å². The average molecular weight is 322 g/mol. The number of aliphatic hydroxyl groups is 1. The van der Waals surface area contributed by atoms with Crippen molar-refractivity contribution in [1.82, 2.24) is 0 Å². The van der Waals surface area contributed by atoms with Gasteiger partial charge in [0.05, 0.1) is 18.6 Å². The molecule has 1 aromatic carbocycles. The smallest absolute Gasteiger partial charge is 0.373 e. The number of rotatable bonds is 7. The first kappa shape index (κ1) is 17.8. The fourth-order valence-electron chi connectivity index (χ4n) is 1.55. The minimum atomic E-state index is -0.823. The second-order valence-electron chi connectivity index (χ2n) is 4.07. The summed E-state index contributed by atoms with van der Waals surface area (Å²) in [5, 5.41) is 9.52. The van der Waals surface area contributed by atoms with E-state index in [0.717, 1.165) is 6.08 Å². The van der Waals surface area contributed by atoms with Crippen LogP contribution in [0.5, 0.6) is 5.75 Å². The molecule has 0 aliphatic rings. The molecule has 0 heterocycles. The third-order valence-corrected chi connectivity index (χ3v) is 3.43. The number of Topliss-reactive ketones (excluding diaryl/α,β-unsaturated/α-hetero) is 1. The summed E-state index contributed by atoms with van der Waals surface area (Å²) < 4.78 is 9.69. The van der Waals surface area contributed by atoms with Crippen LogP contribution in [0.2, 0.25) is 0 Å². The summed E-state index contributed by atoms with van der Waals surface area (Å²) in [4.78, 5) is 24.0. The summed E-state index contributed by atoms with van der Waals surface area (Å²) in [7, 11) is 1.55. The molecule has 0 aliphatic heterocycles. The number of benzene rings is 1. The molecule has 118 valence electrons. The predicted octanol–water partition coefficient (Wildman–Crippen LogP) is 3.13. The zero-order valence-electron chi connectivity index (χ0n) is 12.7. The molecular weight excluding hydrogens is 304 g/mol. The van der Waals surface area contributed by atoms with E-state index in [0.29, 0.717) is 16.2 Å². The summed E-state index contributed by atoms with van der Waals surface area (Å²) in [6.07, 6.45) is 4.29. The van der Waals surface area contributed by atoms with Gasteiger partial charge in [-0.05, 0) is 49.6 Å². The van der Waals surface area contributed by atoms with Gasteiger partial charge >= 0.3 is 5.97 Å². The first-order valence-corrected chi connectivity index (χ1v) is 7.76. The second kappa shape index (κ2) is 8.94. The monoisotopic (exact) mass is 322 g/mol. The van der Waals surface area contributed by atoms with Crippen LogP contribution in [0.15, 0.2) is 47.1 Å². The van der Waals surface area contributed by atoms with Crippen molar-refractivity contribution in [3.8, 4) is 5.75 Å². The Labute approximate surface area is 133 Å². The third kappa shape index (κ3) is 4.96. The Morgan fingerprint density at radius 3 is 2.36 bits per heavy atom. The molecule has 1 N–H and O–H groups in total. The van der Waals surface area contributed by atoms with Crippen LogP contribution in [0, 0.1) is 0 Å². The normalized spacial score (nSPS) is 12.0. The van der Waals surface area contributed by atoms with Gasteiger partial charge in [0.1, 0.15) is 5.75 Å². The highest BCUT2D eigenvalue weighted by molar-refractivity contribution is 8.03. The fraction of sp³-hybridized carbons (Fsp3) is 0.250. The van der Waals surface area contributed by atoms with E-state index in [1.807, 2.05) is 0 Å². The fourth-order valence-corrected chi connectivity index (χ4v) is 2.06. The van der Waals surface area contributed by atoms with Crippen molar-refractivity contribution in [3.63, 3.8) is 0 Å². The summed E-state index contributed by atoms with van der Waals surface area (Å²) >= 11 is 1.22. The Hall–Kier alpha value is -2.21. The van der Waals surface area contributed by atoms with E-state index in [1.54, 1.807) is 44.6 Å². The van der Waals surface area contributed by atoms with Gasteiger partial charge in [-0.3, -0.25) is 4.79 Å². The molecule has 0 aliphatic carbocycles. The molecule has 1 aromatic rings. The first-order valence-electron chi connectivity index (χ1n) is 6.54. The molecular formula is C16H18O5S. The number of methoxy groups -OCH3 is 1. The number of hydrogen-bond donors (Lipinski definition) is 1. The highest BCUT2D eigenvalue weighted by Crippen LogP contribution is 2.20. The minimum absolute atomic E-state index is 0.167. The molecule has 0 spiro atoms. The Balaban J connectivity index is 2.93. The van der Waals surface area contributed by atoms with Crippen LogP contribution in [-0.4, -0.2) is 36.8 Å².